The average Bonchev–Trinajstić information content (AvgIpc) is 2.56. The van der Waals surface area contributed by atoms with Crippen molar-refractivity contribution in [3.63, 3.8) is 0 Å². The molecule has 0 aromatic carbocycles. The zero-order chi connectivity index (χ0) is 19.5. The van der Waals surface area contributed by atoms with Crippen molar-refractivity contribution in [1.29, 1.82) is 0 Å². The lowest BCUT2D eigenvalue weighted by Gasteiger charge is -2.34. The van der Waals surface area contributed by atoms with Gasteiger partial charge < -0.3 is 14.2 Å². The average molecular weight is 409 g/mol. The lowest BCUT2D eigenvalue weighted by atomic mass is 10.4. The van der Waals surface area contributed by atoms with Crippen LogP contribution < -0.4 is 11.2 Å². The maximum atomic E-state index is 12.6. The minimum Gasteiger partial charge on any atom is -0.353 e. The SMILES string of the molecule is Cc1cn([C@@H](C)O[C@@H](C)COP(=O)(Cl)N2CCN(C)CC2)c(=O)[nH]c1=O. The van der Waals surface area contributed by atoms with E-state index in [2.05, 4.69) is 9.88 Å². The van der Waals surface area contributed by atoms with Crippen LogP contribution in [0.4, 0.5) is 0 Å². The van der Waals surface area contributed by atoms with Crippen molar-refractivity contribution in [3.8, 4) is 0 Å². The largest absolute Gasteiger partial charge is 0.363 e. The van der Waals surface area contributed by atoms with Crippen LogP contribution in [0.2, 0.25) is 0 Å². The molecule has 2 rings (SSSR count). The molecule has 0 aliphatic carbocycles. The van der Waals surface area contributed by atoms with Gasteiger partial charge in [0.05, 0.1) is 12.7 Å². The molecule has 0 saturated carbocycles. The Balaban J connectivity index is 1.91. The Bertz CT molecular complexity index is 774. The number of nitrogens with zero attached hydrogens (tertiary/aromatic N) is 3. The first kappa shape index (κ1) is 21.3. The van der Waals surface area contributed by atoms with E-state index >= 15 is 0 Å². The van der Waals surface area contributed by atoms with Gasteiger partial charge in [-0.1, -0.05) is 0 Å². The van der Waals surface area contributed by atoms with Gasteiger partial charge in [0, 0.05) is 37.9 Å². The Morgan fingerprint density at radius 1 is 1.27 bits per heavy atom. The van der Waals surface area contributed by atoms with Gasteiger partial charge in [-0.25, -0.2) is 9.46 Å². The highest BCUT2D eigenvalue weighted by molar-refractivity contribution is 7.83. The summed E-state index contributed by atoms with van der Waals surface area (Å²) in [5.41, 5.74) is -0.573. The minimum absolute atomic E-state index is 0.0224. The number of hydrogen-bond acceptors (Lipinski definition) is 6. The van der Waals surface area contributed by atoms with E-state index in [-0.39, 0.29) is 6.61 Å². The summed E-state index contributed by atoms with van der Waals surface area (Å²) in [5.74, 6) is 0. The monoisotopic (exact) mass is 408 g/mol. The summed E-state index contributed by atoms with van der Waals surface area (Å²) in [6.45, 7) is 4.34. The number of aryl methyl sites for hydroxylation is 1. The molecule has 1 N–H and O–H groups in total. The summed E-state index contributed by atoms with van der Waals surface area (Å²) in [6.07, 6.45) is 0.356. The van der Waals surface area contributed by atoms with Gasteiger partial charge in [0.1, 0.15) is 6.23 Å². The van der Waals surface area contributed by atoms with Crippen LogP contribution in [0, 0.1) is 6.92 Å². The molecular formula is C15H26ClN4O5P. The molecular weight excluding hydrogens is 383 g/mol. The van der Waals surface area contributed by atoms with E-state index in [0.29, 0.717) is 18.7 Å². The Hall–Kier alpha value is -0.960. The van der Waals surface area contributed by atoms with Gasteiger partial charge in [-0.05, 0) is 39.1 Å². The zero-order valence-electron chi connectivity index (χ0n) is 15.5. The fourth-order valence-corrected chi connectivity index (χ4v) is 4.45. The summed E-state index contributed by atoms with van der Waals surface area (Å²) in [6, 6.07) is 0. The highest BCUT2D eigenvalue weighted by atomic mass is 35.7. The first-order chi connectivity index (χ1) is 12.1. The Labute approximate surface area is 157 Å². The number of halogens is 1. The molecule has 1 saturated heterocycles. The van der Waals surface area contributed by atoms with E-state index in [1.54, 1.807) is 25.4 Å². The molecule has 0 radical (unpaired) electrons. The van der Waals surface area contributed by atoms with Crippen molar-refractivity contribution in [1.82, 2.24) is 19.1 Å². The third-order valence-electron chi connectivity index (χ3n) is 4.25. The highest BCUT2D eigenvalue weighted by Gasteiger charge is 2.32. The molecule has 0 spiro atoms. The summed E-state index contributed by atoms with van der Waals surface area (Å²) in [7, 11) is 2.00. The summed E-state index contributed by atoms with van der Waals surface area (Å²) < 4.78 is 26.7. The van der Waals surface area contributed by atoms with E-state index in [0.717, 1.165) is 13.1 Å². The van der Waals surface area contributed by atoms with Crippen molar-refractivity contribution in [3.05, 3.63) is 32.6 Å². The van der Waals surface area contributed by atoms with Crippen molar-refractivity contribution < 1.29 is 13.8 Å². The van der Waals surface area contributed by atoms with Gasteiger partial charge >= 0.3 is 12.6 Å². The second-order valence-corrected chi connectivity index (χ2v) is 9.54. The number of aromatic nitrogens is 2. The predicted molar refractivity (Wildman–Crippen MR) is 99.8 cm³/mol. The smallest absolute Gasteiger partial charge is 0.353 e. The lowest BCUT2D eigenvalue weighted by molar-refractivity contribution is -0.0542. The zero-order valence-corrected chi connectivity index (χ0v) is 17.1. The fraction of sp³-hybridized carbons (Fsp3) is 0.733. The molecule has 11 heteroatoms. The number of piperazine rings is 1. The number of ether oxygens (including phenoxy) is 1. The first-order valence-corrected chi connectivity index (χ1v) is 10.9. The summed E-state index contributed by atoms with van der Waals surface area (Å²) in [4.78, 5) is 27.7. The van der Waals surface area contributed by atoms with Crippen LogP contribution in [-0.4, -0.2) is 65.1 Å². The number of likely N-dealkylation sites (N-methyl/N-ethyl adjacent to an activating group) is 1. The Kier molecular flexibility index (Phi) is 7.24. The van der Waals surface area contributed by atoms with Gasteiger partial charge in [0.2, 0.25) is 0 Å². The Morgan fingerprint density at radius 2 is 1.88 bits per heavy atom. The van der Waals surface area contributed by atoms with E-state index in [4.69, 9.17) is 20.5 Å². The molecule has 0 amide bonds. The fourth-order valence-electron chi connectivity index (χ4n) is 2.61. The van der Waals surface area contributed by atoms with Crippen LogP contribution in [0.15, 0.2) is 15.8 Å². The molecule has 1 aromatic heterocycles. The summed E-state index contributed by atoms with van der Waals surface area (Å²) >= 11 is 6.11. The van der Waals surface area contributed by atoms with Crippen LogP contribution in [0.5, 0.6) is 0 Å². The maximum absolute atomic E-state index is 12.6. The third kappa shape index (κ3) is 5.52. The van der Waals surface area contributed by atoms with Gasteiger partial charge in [0.15, 0.2) is 0 Å². The van der Waals surface area contributed by atoms with Crippen LogP contribution >= 0.6 is 18.1 Å². The first-order valence-electron chi connectivity index (χ1n) is 8.46. The molecule has 0 bridgehead atoms. The number of aromatic amines is 1. The topological polar surface area (TPSA) is 96.9 Å². The van der Waals surface area contributed by atoms with Gasteiger partial charge in [-0.2, -0.15) is 0 Å². The van der Waals surface area contributed by atoms with Crippen LogP contribution in [0.1, 0.15) is 25.6 Å². The van der Waals surface area contributed by atoms with Crippen molar-refractivity contribution >= 4 is 18.1 Å². The molecule has 26 heavy (non-hydrogen) atoms. The van der Waals surface area contributed by atoms with Crippen LogP contribution in [-0.2, 0) is 13.8 Å². The molecule has 1 unspecified atom stereocenters. The number of H-pyrrole nitrogens is 1. The lowest BCUT2D eigenvalue weighted by Crippen LogP contribution is -2.42. The standard InChI is InChI=1S/C15H26ClN4O5P/c1-11-9-20(15(22)17-14(11)21)13(3)25-12(2)10-24-26(16,23)19-7-5-18(4)6-8-19/h9,12-13H,5-8,10H2,1-4H3,(H,17,21,22)/t12-,13+,26?/m0/s1. The van der Waals surface area contributed by atoms with Gasteiger partial charge in [-0.3, -0.25) is 18.9 Å². The molecule has 2 heterocycles. The van der Waals surface area contributed by atoms with Crippen LogP contribution in [0.25, 0.3) is 0 Å². The Morgan fingerprint density at radius 3 is 2.50 bits per heavy atom. The summed E-state index contributed by atoms with van der Waals surface area (Å²) in [5, 5.41) is 0. The van der Waals surface area contributed by atoms with Gasteiger partial charge in [-0.15, -0.1) is 0 Å². The van der Waals surface area contributed by atoms with Crippen molar-refractivity contribution in [2.24, 2.45) is 0 Å². The molecule has 1 fully saturated rings. The van der Waals surface area contributed by atoms with Gasteiger partial charge in [0.25, 0.3) is 5.56 Å². The molecule has 148 valence electrons. The minimum atomic E-state index is -3.40. The molecule has 3 atom stereocenters. The second kappa shape index (κ2) is 8.82. The van der Waals surface area contributed by atoms with Crippen molar-refractivity contribution in [2.45, 2.75) is 33.1 Å². The molecule has 1 aliphatic rings. The van der Waals surface area contributed by atoms with Crippen molar-refractivity contribution in [2.75, 3.05) is 39.8 Å². The maximum Gasteiger partial charge on any atom is 0.363 e. The van der Waals surface area contributed by atoms with E-state index in [9.17, 15) is 14.2 Å². The van der Waals surface area contributed by atoms with E-state index in [1.807, 2.05) is 7.05 Å². The van der Waals surface area contributed by atoms with E-state index < -0.39 is 30.5 Å². The highest BCUT2D eigenvalue weighted by Crippen LogP contribution is 2.56. The van der Waals surface area contributed by atoms with Crippen LogP contribution in [0.3, 0.4) is 0 Å². The normalized spacial score (nSPS) is 21.3. The second-order valence-electron chi connectivity index (χ2n) is 6.53. The molecule has 1 aliphatic heterocycles. The molecule has 9 nitrogen and oxygen atoms in total. The number of nitrogens with one attached hydrogen (secondary N) is 1. The number of hydrogen-bond donors (Lipinski definition) is 1. The third-order valence-corrected chi connectivity index (χ3v) is 6.73. The molecule has 1 aromatic rings. The van der Waals surface area contributed by atoms with E-state index in [1.165, 1.54) is 10.8 Å². The quantitative estimate of drug-likeness (QED) is 0.681. The predicted octanol–water partition coefficient (Wildman–Crippen LogP) is 1.38. The number of rotatable bonds is 7.